The Hall–Kier alpha value is -3.31. The van der Waals surface area contributed by atoms with Crippen LogP contribution in [0.2, 0.25) is 0 Å². The van der Waals surface area contributed by atoms with Gasteiger partial charge in [0, 0.05) is 23.7 Å². The Morgan fingerprint density at radius 1 is 1.19 bits per heavy atom. The van der Waals surface area contributed by atoms with Crippen molar-refractivity contribution in [2.24, 2.45) is 0 Å². The number of likely N-dealkylation sites (N-methyl/N-ethyl adjacent to an activating group) is 1. The van der Waals surface area contributed by atoms with Crippen LogP contribution in [0.25, 0.3) is 6.08 Å². The molecule has 2 amide bonds. The molecule has 1 heterocycles. The number of halogens is 1. The second-order valence-electron chi connectivity index (χ2n) is 6.65. The van der Waals surface area contributed by atoms with Crippen LogP contribution in [0.4, 0.5) is 5.69 Å². The highest BCUT2D eigenvalue weighted by molar-refractivity contribution is 9.10. The van der Waals surface area contributed by atoms with Gasteiger partial charge < -0.3 is 9.47 Å². The standard InChI is InChI=1S/C21H18BrN3O6S/c1-3-30-17-9-13(8-15-19(26)23-21(32)24(2)20(15)27)16(22)10-18(17)31-11-12-4-6-14(7-5-12)25(28)29/h4-10H,3,11H2,1-2H3,(H,23,26,32)/b15-8+. The van der Waals surface area contributed by atoms with Crippen molar-refractivity contribution in [3.63, 3.8) is 0 Å². The van der Waals surface area contributed by atoms with E-state index in [1.165, 1.54) is 30.2 Å². The molecule has 0 aromatic heterocycles. The summed E-state index contributed by atoms with van der Waals surface area (Å²) in [5.41, 5.74) is 1.21. The summed E-state index contributed by atoms with van der Waals surface area (Å²) in [6.07, 6.45) is 1.45. The van der Waals surface area contributed by atoms with Crippen LogP contribution in [0.15, 0.2) is 46.4 Å². The number of thiocarbonyl (C=S) groups is 1. The Kier molecular flexibility index (Phi) is 7.21. The lowest BCUT2D eigenvalue weighted by molar-refractivity contribution is -0.384. The molecular weight excluding hydrogens is 502 g/mol. The number of non-ortho nitro benzene ring substituents is 1. The maximum absolute atomic E-state index is 12.5. The first-order valence-electron chi connectivity index (χ1n) is 9.38. The van der Waals surface area contributed by atoms with Crippen molar-refractivity contribution in [2.75, 3.05) is 13.7 Å². The first-order chi connectivity index (χ1) is 15.2. The summed E-state index contributed by atoms with van der Waals surface area (Å²) < 4.78 is 12.1. The van der Waals surface area contributed by atoms with Gasteiger partial charge in [0.1, 0.15) is 12.2 Å². The molecule has 1 N–H and O–H groups in total. The number of rotatable bonds is 7. The average molecular weight is 520 g/mol. The Morgan fingerprint density at radius 2 is 1.84 bits per heavy atom. The molecule has 3 rings (SSSR count). The number of hydrogen-bond donors (Lipinski definition) is 1. The molecule has 0 saturated carbocycles. The highest BCUT2D eigenvalue weighted by Gasteiger charge is 2.31. The van der Waals surface area contributed by atoms with Gasteiger partial charge in [0.05, 0.1) is 11.5 Å². The third-order valence-corrected chi connectivity index (χ3v) is 5.57. The van der Waals surface area contributed by atoms with Crippen molar-refractivity contribution < 1.29 is 24.0 Å². The Labute approximate surface area is 197 Å². The lowest BCUT2D eigenvalue weighted by Gasteiger charge is -2.25. The van der Waals surface area contributed by atoms with Crippen LogP contribution in [0.5, 0.6) is 11.5 Å². The summed E-state index contributed by atoms with van der Waals surface area (Å²) in [4.78, 5) is 36.2. The molecule has 0 bridgehead atoms. The molecule has 1 fully saturated rings. The van der Waals surface area contributed by atoms with E-state index in [4.69, 9.17) is 21.7 Å². The van der Waals surface area contributed by atoms with Crippen LogP contribution < -0.4 is 14.8 Å². The number of benzene rings is 2. The third kappa shape index (κ3) is 5.11. The lowest BCUT2D eigenvalue weighted by Crippen LogP contribution is -2.52. The van der Waals surface area contributed by atoms with E-state index in [-0.39, 0.29) is 23.0 Å². The minimum Gasteiger partial charge on any atom is -0.490 e. The number of nitro benzene ring substituents is 1. The number of carbonyl (C=O) groups is 2. The zero-order valence-electron chi connectivity index (χ0n) is 17.1. The smallest absolute Gasteiger partial charge is 0.269 e. The topological polar surface area (TPSA) is 111 Å². The summed E-state index contributed by atoms with van der Waals surface area (Å²) >= 11 is 8.39. The van der Waals surface area contributed by atoms with Gasteiger partial charge in [-0.1, -0.05) is 15.9 Å². The summed E-state index contributed by atoms with van der Waals surface area (Å²) in [6, 6.07) is 9.35. The summed E-state index contributed by atoms with van der Waals surface area (Å²) in [7, 11) is 1.48. The van der Waals surface area contributed by atoms with E-state index < -0.39 is 16.7 Å². The molecular formula is C21H18BrN3O6S. The van der Waals surface area contributed by atoms with E-state index in [1.807, 2.05) is 6.92 Å². The number of carbonyl (C=O) groups excluding carboxylic acids is 2. The van der Waals surface area contributed by atoms with Crippen molar-refractivity contribution in [2.45, 2.75) is 13.5 Å². The van der Waals surface area contributed by atoms with Gasteiger partial charge in [0.2, 0.25) is 0 Å². The molecule has 0 atom stereocenters. The van der Waals surface area contributed by atoms with E-state index in [9.17, 15) is 19.7 Å². The number of hydrogen-bond acceptors (Lipinski definition) is 7. The van der Waals surface area contributed by atoms with Crippen LogP contribution in [-0.2, 0) is 16.2 Å². The molecule has 1 aliphatic rings. The molecule has 0 unspecified atom stereocenters. The van der Waals surface area contributed by atoms with Crippen molar-refractivity contribution in [3.8, 4) is 11.5 Å². The molecule has 11 heteroatoms. The Morgan fingerprint density at radius 3 is 2.47 bits per heavy atom. The maximum Gasteiger partial charge on any atom is 0.269 e. The monoisotopic (exact) mass is 519 g/mol. The highest BCUT2D eigenvalue weighted by atomic mass is 79.9. The number of nitro groups is 1. The number of amides is 2. The van der Waals surface area contributed by atoms with Crippen molar-refractivity contribution in [1.82, 2.24) is 10.2 Å². The third-order valence-electron chi connectivity index (χ3n) is 4.51. The molecule has 0 radical (unpaired) electrons. The number of ether oxygens (including phenoxy) is 2. The maximum atomic E-state index is 12.5. The highest BCUT2D eigenvalue weighted by Crippen LogP contribution is 2.36. The Bertz CT molecular complexity index is 1130. The van der Waals surface area contributed by atoms with Gasteiger partial charge in [0.15, 0.2) is 16.6 Å². The zero-order chi connectivity index (χ0) is 23.4. The van der Waals surface area contributed by atoms with E-state index in [0.29, 0.717) is 28.1 Å². The lowest BCUT2D eigenvalue weighted by atomic mass is 10.1. The number of nitrogens with zero attached hydrogens (tertiary/aromatic N) is 2. The molecule has 0 aliphatic carbocycles. The van der Waals surface area contributed by atoms with Crippen molar-refractivity contribution >= 4 is 56.8 Å². The molecule has 166 valence electrons. The molecule has 1 saturated heterocycles. The number of nitrogens with one attached hydrogen (secondary N) is 1. The molecule has 1 aliphatic heterocycles. The van der Waals surface area contributed by atoms with Crippen LogP contribution in [0, 0.1) is 10.1 Å². The summed E-state index contributed by atoms with van der Waals surface area (Å²) in [5.74, 6) is -0.252. The molecule has 2 aromatic carbocycles. The van der Waals surface area contributed by atoms with E-state index in [0.717, 1.165) is 5.56 Å². The first kappa shape index (κ1) is 23.4. The van der Waals surface area contributed by atoms with Gasteiger partial charge >= 0.3 is 0 Å². The van der Waals surface area contributed by atoms with Crippen LogP contribution in [-0.4, -0.2) is 40.4 Å². The van der Waals surface area contributed by atoms with Crippen LogP contribution in [0.1, 0.15) is 18.1 Å². The molecule has 2 aromatic rings. The average Bonchev–Trinajstić information content (AvgIpc) is 2.76. The van der Waals surface area contributed by atoms with Gasteiger partial charge in [0.25, 0.3) is 17.5 Å². The van der Waals surface area contributed by atoms with Gasteiger partial charge in [-0.05, 0) is 60.6 Å². The normalized spacial score (nSPS) is 15.0. The predicted molar refractivity (Wildman–Crippen MR) is 124 cm³/mol. The van der Waals surface area contributed by atoms with Gasteiger partial charge in [-0.15, -0.1) is 0 Å². The van der Waals surface area contributed by atoms with Gasteiger partial charge in [-0.3, -0.25) is 29.9 Å². The second kappa shape index (κ2) is 9.88. The largest absolute Gasteiger partial charge is 0.490 e. The predicted octanol–water partition coefficient (Wildman–Crippen LogP) is 3.59. The first-order valence-corrected chi connectivity index (χ1v) is 10.6. The van der Waals surface area contributed by atoms with Crippen molar-refractivity contribution in [3.05, 3.63) is 67.7 Å². The fraction of sp³-hybridized carbons (Fsp3) is 0.190. The van der Waals surface area contributed by atoms with E-state index >= 15 is 0 Å². The second-order valence-corrected chi connectivity index (χ2v) is 7.89. The SMILES string of the molecule is CCOc1cc(/C=C2\C(=O)NC(=S)N(C)C2=O)c(Br)cc1OCc1ccc([N+](=O)[O-])cc1. The molecule has 0 spiro atoms. The Balaban J connectivity index is 1.87. The zero-order valence-corrected chi connectivity index (χ0v) is 19.5. The van der Waals surface area contributed by atoms with E-state index in [2.05, 4.69) is 21.2 Å². The minimum absolute atomic E-state index is 0.00315. The fourth-order valence-corrected chi connectivity index (χ4v) is 3.43. The summed E-state index contributed by atoms with van der Waals surface area (Å²) in [6.45, 7) is 2.34. The van der Waals surface area contributed by atoms with Crippen LogP contribution in [0.3, 0.4) is 0 Å². The minimum atomic E-state index is -0.582. The molecule has 32 heavy (non-hydrogen) atoms. The molecule has 9 nitrogen and oxygen atoms in total. The quantitative estimate of drug-likeness (QED) is 0.195. The van der Waals surface area contributed by atoms with Gasteiger partial charge in [-0.25, -0.2) is 0 Å². The van der Waals surface area contributed by atoms with E-state index in [1.54, 1.807) is 24.3 Å². The van der Waals surface area contributed by atoms with Crippen molar-refractivity contribution in [1.29, 1.82) is 0 Å². The van der Waals surface area contributed by atoms with Gasteiger partial charge in [-0.2, -0.15) is 0 Å². The van der Waals surface area contributed by atoms with Crippen LogP contribution >= 0.6 is 28.1 Å². The fourth-order valence-electron chi connectivity index (χ4n) is 2.82. The summed E-state index contributed by atoms with van der Waals surface area (Å²) in [5, 5.41) is 13.3.